The number of fused-ring (bicyclic) bond motifs is 4. The Balaban J connectivity index is 1.48. The minimum atomic E-state index is -0.219. The Morgan fingerprint density at radius 2 is 2.09 bits per heavy atom. The summed E-state index contributed by atoms with van der Waals surface area (Å²) in [4.78, 5) is 20.5. The first-order chi connectivity index (χ1) is 10.6. The van der Waals surface area contributed by atoms with E-state index in [1.54, 1.807) is 13.1 Å². The molecule has 1 aromatic rings. The Kier molecular flexibility index (Phi) is 3.43. The normalized spacial score (nSPS) is 31.8. The molecule has 7 nitrogen and oxygen atoms in total. The minimum Gasteiger partial charge on any atom is -0.458 e. The number of hydrogen-bond acceptors (Lipinski definition) is 6. The molecule has 4 heterocycles. The third-order valence-corrected chi connectivity index (χ3v) is 4.87. The van der Waals surface area contributed by atoms with Gasteiger partial charge in [-0.1, -0.05) is 0 Å². The summed E-state index contributed by atoms with van der Waals surface area (Å²) in [6.45, 7) is 6.97. The minimum absolute atomic E-state index is 0.000683. The van der Waals surface area contributed by atoms with Gasteiger partial charge in [-0.3, -0.25) is 14.3 Å². The van der Waals surface area contributed by atoms with Gasteiger partial charge < -0.3 is 14.4 Å². The van der Waals surface area contributed by atoms with Gasteiger partial charge in [-0.15, -0.1) is 0 Å². The molecule has 0 aromatic carbocycles. The smallest absolute Gasteiger partial charge is 0.302 e. The fourth-order valence-corrected chi connectivity index (χ4v) is 3.42. The lowest BCUT2D eigenvalue weighted by atomic mass is 10.1. The van der Waals surface area contributed by atoms with E-state index in [9.17, 15) is 4.79 Å². The standard InChI is InChI=1S/C15H22N4O3/c1-10-8-19-13-7-11(22-15(19)16-14(10)20)12(21-13)9-18-5-3-17(2)4-6-18/h8,11-13H,3-7,9H2,1-2H3/t11-,12-,13-/m0/s1. The summed E-state index contributed by atoms with van der Waals surface area (Å²) < 4.78 is 14.0. The highest BCUT2D eigenvalue weighted by atomic mass is 16.6. The molecule has 120 valence electrons. The highest BCUT2D eigenvalue weighted by molar-refractivity contribution is 5.13. The number of piperazine rings is 1. The van der Waals surface area contributed by atoms with Crippen LogP contribution in [0.2, 0.25) is 0 Å². The zero-order valence-electron chi connectivity index (χ0n) is 13.1. The Morgan fingerprint density at radius 1 is 1.32 bits per heavy atom. The molecule has 0 amide bonds. The van der Waals surface area contributed by atoms with Gasteiger partial charge in [-0.25, -0.2) is 0 Å². The maximum absolute atomic E-state index is 11.7. The number of likely N-dealkylation sites (N-methyl/N-ethyl adjacent to an activating group) is 1. The van der Waals surface area contributed by atoms with Crippen LogP contribution in [0.4, 0.5) is 0 Å². The zero-order valence-corrected chi connectivity index (χ0v) is 13.1. The van der Waals surface area contributed by atoms with Crippen LogP contribution in [0.25, 0.3) is 0 Å². The van der Waals surface area contributed by atoms with E-state index < -0.39 is 0 Å². The topological polar surface area (TPSA) is 59.8 Å². The van der Waals surface area contributed by atoms with Crippen LogP contribution in [-0.2, 0) is 4.74 Å². The first-order valence-electron chi connectivity index (χ1n) is 7.93. The third-order valence-electron chi connectivity index (χ3n) is 4.87. The lowest BCUT2D eigenvalue weighted by molar-refractivity contribution is -0.0203. The molecule has 0 saturated carbocycles. The Morgan fingerprint density at radius 3 is 2.86 bits per heavy atom. The fraction of sp³-hybridized carbons (Fsp3) is 0.733. The molecule has 4 rings (SSSR count). The van der Waals surface area contributed by atoms with Crippen molar-refractivity contribution in [1.29, 1.82) is 0 Å². The number of hydrogen-bond donors (Lipinski definition) is 0. The average molecular weight is 306 g/mol. The average Bonchev–Trinajstić information content (AvgIpc) is 2.82. The Bertz CT molecular complexity index is 624. The van der Waals surface area contributed by atoms with Crippen molar-refractivity contribution in [1.82, 2.24) is 19.4 Å². The van der Waals surface area contributed by atoms with Crippen molar-refractivity contribution in [2.45, 2.75) is 31.8 Å². The summed E-state index contributed by atoms with van der Waals surface area (Å²) in [5, 5.41) is 0. The van der Waals surface area contributed by atoms with Gasteiger partial charge in [-0.05, 0) is 14.0 Å². The third kappa shape index (κ3) is 2.43. The van der Waals surface area contributed by atoms with E-state index in [0.717, 1.165) is 39.1 Å². The van der Waals surface area contributed by atoms with Crippen LogP contribution in [-0.4, -0.2) is 71.3 Å². The second-order valence-corrected chi connectivity index (χ2v) is 6.54. The molecule has 1 aromatic heterocycles. The van der Waals surface area contributed by atoms with E-state index >= 15 is 0 Å². The van der Waals surface area contributed by atoms with Crippen LogP contribution < -0.4 is 10.3 Å². The van der Waals surface area contributed by atoms with Crippen molar-refractivity contribution in [3.05, 3.63) is 22.1 Å². The molecule has 0 radical (unpaired) electrons. The van der Waals surface area contributed by atoms with Crippen molar-refractivity contribution < 1.29 is 9.47 Å². The molecular formula is C15H22N4O3. The van der Waals surface area contributed by atoms with E-state index in [1.165, 1.54) is 0 Å². The summed E-state index contributed by atoms with van der Waals surface area (Å²) in [7, 11) is 2.15. The lowest BCUT2D eigenvalue weighted by Gasteiger charge is -2.34. The molecule has 2 fully saturated rings. The molecule has 0 spiro atoms. The molecule has 0 unspecified atom stereocenters. The van der Waals surface area contributed by atoms with E-state index in [4.69, 9.17) is 9.47 Å². The van der Waals surface area contributed by atoms with Gasteiger partial charge >= 0.3 is 6.01 Å². The van der Waals surface area contributed by atoms with Crippen molar-refractivity contribution in [3.63, 3.8) is 0 Å². The van der Waals surface area contributed by atoms with Gasteiger partial charge in [0, 0.05) is 50.9 Å². The molecule has 2 saturated heterocycles. The SMILES string of the molecule is Cc1cn2c(nc1=O)O[C@H]1C[C@@H]2O[C@H]1CN1CCN(C)CC1. The molecule has 3 atom stereocenters. The highest BCUT2D eigenvalue weighted by Gasteiger charge is 2.43. The Labute approximate surface area is 129 Å². The lowest BCUT2D eigenvalue weighted by Crippen LogP contribution is -2.48. The predicted molar refractivity (Wildman–Crippen MR) is 80.1 cm³/mol. The maximum Gasteiger partial charge on any atom is 0.302 e. The van der Waals surface area contributed by atoms with Crippen molar-refractivity contribution in [2.24, 2.45) is 0 Å². The van der Waals surface area contributed by atoms with E-state index in [2.05, 4.69) is 21.8 Å². The van der Waals surface area contributed by atoms with E-state index in [-0.39, 0.29) is 24.0 Å². The summed E-state index contributed by atoms with van der Waals surface area (Å²) in [5.74, 6) is 0. The van der Waals surface area contributed by atoms with Crippen LogP contribution in [0.15, 0.2) is 11.0 Å². The van der Waals surface area contributed by atoms with Gasteiger partial charge in [0.1, 0.15) is 18.4 Å². The van der Waals surface area contributed by atoms with Crippen LogP contribution in [0.1, 0.15) is 18.2 Å². The predicted octanol–water partition coefficient (Wildman–Crippen LogP) is -0.152. The molecular weight excluding hydrogens is 284 g/mol. The second kappa shape index (κ2) is 5.33. The number of rotatable bonds is 2. The first-order valence-corrected chi connectivity index (χ1v) is 7.93. The van der Waals surface area contributed by atoms with Gasteiger partial charge in [0.2, 0.25) is 0 Å². The molecule has 0 N–H and O–H groups in total. The summed E-state index contributed by atoms with van der Waals surface area (Å²) in [5.41, 5.74) is 0.403. The highest BCUT2D eigenvalue weighted by Crippen LogP contribution is 2.38. The molecule has 22 heavy (non-hydrogen) atoms. The molecule has 0 aliphatic carbocycles. The van der Waals surface area contributed by atoms with Crippen LogP contribution >= 0.6 is 0 Å². The van der Waals surface area contributed by atoms with Crippen LogP contribution in [0.3, 0.4) is 0 Å². The van der Waals surface area contributed by atoms with Crippen molar-refractivity contribution in [2.75, 3.05) is 39.8 Å². The number of ether oxygens (including phenoxy) is 2. The molecule has 7 heteroatoms. The zero-order chi connectivity index (χ0) is 15.3. The van der Waals surface area contributed by atoms with Gasteiger partial charge in [0.15, 0.2) is 0 Å². The largest absolute Gasteiger partial charge is 0.458 e. The fourth-order valence-electron chi connectivity index (χ4n) is 3.42. The van der Waals surface area contributed by atoms with Crippen LogP contribution in [0.5, 0.6) is 6.01 Å². The summed E-state index contributed by atoms with van der Waals surface area (Å²) in [6.07, 6.45) is 2.61. The second-order valence-electron chi connectivity index (χ2n) is 6.54. The molecule has 3 aliphatic heterocycles. The maximum atomic E-state index is 11.7. The summed E-state index contributed by atoms with van der Waals surface area (Å²) in [6, 6.07) is 0.401. The monoisotopic (exact) mass is 306 g/mol. The molecule has 3 aliphatic rings. The van der Waals surface area contributed by atoms with Gasteiger partial charge in [0.05, 0.1) is 0 Å². The number of aryl methyl sites for hydroxylation is 1. The number of aromatic nitrogens is 2. The van der Waals surface area contributed by atoms with E-state index in [0.29, 0.717) is 11.6 Å². The van der Waals surface area contributed by atoms with Gasteiger partial charge in [0.25, 0.3) is 5.56 Å². The van der Waals surface area contributed by atoms with Gasteiger partial charge in [-0.2, -0.15) is 4.98 Å². The van der Waals surface area contributed by atoms with E-state index in [1.807, 2.05) is 4.57 Å². The first kappa shape index (κ1) is 14.2. The van der Waals surface area contributed by atoms with Crippen LogP contribution in [0, 0.1) is 6.92 Å². The van der Waals surface area contributed by atoms with Crippen molar-refractivity contribution >= 4 is 0 Å². The van der Waals surface area contributed by atoms with Crippen molar-refractivity contribution in [3.8, 4) is 6.01 Å². The number of nitrogens with zero attached hydrogens (tertiary/aromatic N) is 4. The molecule has 2 bridgehead atoms. The quantitative estimate of drug-likeness (QED) is 0.757. The summed E-state index contributed by atoms with van der Waals surface area (Å²) >= 11 is 0. The Hall–Kier alpha value is -1.44.